The van der Waals surface area contributed by atoms with Gasteiger partial charge < -0.3 is 10.2 Å². The number of carbonyl (C=O) groups excluding carboxylic acids is 3. The number of hydrogen-bond donors (Lipinski definition) is 1. The van der Waals surface area contributed by atoms with Crippen LogP contribution in [0.4, 0.5) is 0 Å². The smallest absolute Gasteiger partial charge is 0.269 e. The number of rotatable bonds is 10. The molecule has 0 unspecified atom stereocenters. The second-order valence-electron chi connectivity index (χ2n) is 7.88. The van der Waals surface area contributed by atoms with Crippen molar-refractivity contribution in [2.75, 3.05) is 19.6 Å². The normalized spacial score (nSPS) is 15.1. The molecule has 0 spiro atoms. The fourth-order valence-electron chi connectivity index (χ4n) is 3.86. The zero-order valence-electron chi connectivity index (χ0n) is 18.9. The van der Waals surface area contributed by atoms with Crippen molar-refractivity contribution >= 4 is 27.7 Å². The lowest BCUT2D eigenvalue weighted by molar-refractivity contribution is -0.140. The highest BCUT2D eigenvalue weighted by Crippen LogP contribution is 2.30. The number of amides is 3. The first-order valence-electron chi connectivity index (χ1n) is 11.0. The highest BCUT2D eigenvalue weighted by Gasteiger charge is 2.40. The van der Waals surface area contributed by atoms with Crippen LogP contribution < -0.4 is 5.32 Å². The second kappa shape index (κ2) is 10.6. The van der Waals surface area contributed by atoms with Gasteiger partial charge in [0, 0.05) is 26.1 Å². The monoisotopic (exact) mass is 471 g/mol. The molecule has 8 nitrogen and oxygen atoms in total. The molecule has 3 amide bonds. The first kappa shape index (κ1) is 24.4. The molecule has 0 saturated heterocycles. The van der Waals surface area contributed by atoms with E-state index in [0.29, 0.717) is 19.5 Å². The molecular formula is C24H29N3O5S. The van der Waals surface area contributed by atoms with Crippen LogP contribution in [0.15, 0.2) is 59.5 Å². The van der Waals surface area contributed by atoms with E-state index in [-0.39, 0.29) is 41.7 Å². The number of carbonyl (C=O) groups is 3. The van der Waals surface area contributed by atoms with Gasteiger partial charge in [-0.05, 0) is 44.4 Å². The van der Waals surface area contributed by atoms with Crippen molar-refractivity contribution in [1.82, 2.24) is 14.5 Å². The number of nitrogens with one attached hydrogen (secondary N) is 1. The van der Waals surface area contributed by atoms with Crippen LogP contribution in [-0.4, -0.2) is 61.0 Å². The maximum Gasteiger partial charge on any atom is 0.269 e. The summed E-state index contributed by atoms with van der Waals surface area (Å²) in [6.45, 7) is 4.21. The minimum absolute atomic E-state index is 0.00401. The van der Waals surface area contributed by atoms with E-state index in [1.807, 2.05) is 37.3 Å². The molecule has 1 atom stereocenters. The molecule has 1 aliphatic rings. The van der Waals surface area contributed by atoms with Crippen molar-refractivity contribution < 1.29 is 22.8 Å². The fourth-order valence-corrected chi connectivity index (χ4v) is 5.47. The number of fused-ring (bicyclic) bond motifs is 1. The van der Waals surface area contributed by atoms with Crippen molar-refractivity contribution in [3.63, 3.8) is 0 Å². The van der Waals surface area contributed by atoms with E-state index in [9.17, 15) is 22.8 Å². The topological polar surface area (TPSA) is 104 Å². The van der Waals surface area contributed by atoms with Crippen LogP contribution >= 0.6 is 0 Å². The number of sulfonamides is 1. The third-order valence-electron chi connectivity index (χ3n) is 5.67. The van der Waals surface area contributed by atoms with E-state index in [4.69, 9.17) is 0 Å². The van der Waals surface area contributed by atoms with Gasteiger partial charge in [0.25, 0.3) is 15.9 Å². The van der Waals surface area contributed by atoms with Crippen molar-refractivity contribution in [2.24, 2.45) is 0 Å². The van der Waals surface area contributed by atoms with Crippen molar-refractivity contribution in [3.8, 4) is 0 Å². The number of nitrogens with zero attached hydrogens (tertiary/aromatic N) is 2. The van der Waals surface area contributed by atoms with Gasteiger partial charge in [-0.1, -0.05) is 42.5 Å². The lowest BCUT2D eigenvalue weighted by Crippen LogP contribution is -2.48. The Balaban J connectivity index is 1.65. The van der Waals surface area contributed by atoms with Gasteiger partial charge in [-0.2, -0.15) is 0 Å². The first-order valence-corrected chi connectivity index (χ1v) is 12.5. The van der Waals surface area contributed by atoms with E-state index in [0.717, 1.165) is 9.87 Å². The summed E-state index contributed by atoms with van der Waals surface area (Å²) in [5, 5.41) is 2.74. The summed E-state index contributed by atoms with van der Waals surface area (Å²) in [6, 6.07) is 15.1. The quantitative estimate of drug-likeness (QED) is 0.572. The van der Waals surface area contributed by atoms with Gasteiger partial charge in [-0.15, -0.1) is 0 Å². The highest BCUT2D eigenvalue weighted by molar-refractivity contribution is 7.90. The van der Waals surface area contributed by atoms with Gasteiger partial charge in [0.2, 0.25) is 11.8 Å². The van der Waals surface area contributed by atoms with E-state index >= 15 is 0 Å². The molecule has 0 aromatic heterocycles. The summed E-state index contributed by atoms with van der Waals surface area (Å²) in [5.41, 5.74) is 1.20. The number of benzene rings is 2. The lowest BCUT2D eigenvalue weighted by Gasteiger charge is -2.29. The minimum Gasteiger partial charge on any atom is -0.355 e. The summed E-state index contributed by atoms with van der Waals surface area (Å²) in [6.07, 6.45) is 0.778. The molecule has 1 heterocycles. The summed E-state index contributed by atoms with van der Waals surface area (Å²) in [4.78, 5) is 39.5. The van der Waals surface area contributed by atoms with Crippen LogP contribution in [0.5, 0.6) is 0 Å². The molecule has 0 bridgehead atoms. The van der Waals surface area contributed by atoms with Gasteiger partial charge in [0.05, 0.1) is 5.56 Å². The maximum atomic E-state index is 13.0. The summed E-state index contributed by atoms with van der Waals surface area (Å²) < 4.78 is 26.2. The molecule has 0 saturated carbocycles. The van der Waals surface area contributed by atoms with Crippen LogP contribution in [0.3, 0.4) is 0 Å². The van der Waals surface area contributed by atoms with E-state index < -0.39 is 22.0 Å². The molecule has 0 radical (unpaired) electrons. The third kappa shape index (κ3) is 5.42. The van der Waals surface area contributed by atoms with Gasteiger partial charge >= 0.3 is 0 Å². The van der Waals surface area contributed by atoms with Crippen LogP contribution in [0.1, 0.15) is 42.6 Å². The minimum atomic E-state index is -3.90. The zero-order valence-corrected chi connectivity index (χ0v) is 19.7. The Kier molecular flexibility index (Phi) is 7.86. The largest absolute Gasteiger partial charge is 0.355 e. The lowest BCUT2D eigenvalue weighted by atomic mass is 10.1. The Labute approximate surface area is 194 Å². The Morgan fingerprint density at radius 2 is 1.73 bits per heavy atom. The Morgan fingerprint density at radius 3 is 2.39 bits per heavy atom. The van der Waals surface area contributed by atoms with Crippen molar-refractivity contribution in [2.45, 2.75) is 44.0 Å². The molecule has 0 fully saturated rings. The Bertz CT molecular complexity index is 1120. The van der Waals surface area contributed by atoms with E-state index in [1.165, 1.54) is 17.0 Å². The van der Waals surface area contributed by atoms with Gasteiger partial charge in [0.1, 0.15) is 10.9 Å². The number of hydrogen-bond acceptors (Lipinski definition) is 5. The van der Waals surface area contributed by atoms with Gasteiger partial charge in [-0.25, -0.2) is 12.7 Å². The van der Waals surface area contributed by atoms with Gasteiger partial charge in [0.15, 0.2) is 0 Å². The van der Waals surface area contributed by atoms with E-state index in [2.05, 4.69) is 5.32 Å². The Hall–Kier alpha value is -3.20. The standard InChI is InChI=1S/C24H29N3O5S/c1-3-25-23(29)18(2)26(17-15-19-10-5-4-6-11-19)22(28)14-9-16-27-24(30)20-12-7-8-13-21(20)33(27,31)32/h4-8,10-13,18H,3,9,14-17H2,1-2H3,(H,25,29)/t18-/m1/s1. The molecule has 1 N–H and O–H groups in total. The number of likely N-dealkylation sites (N-methyl/N-ethyl adjacent to an activating group) is 1. The Morgan fingerprint density at radius 1 is 1.06 bits per heavy atom. The fraction of sp³-hybridized carbons (Fsp3) is 0.375. The average molecular weight is 472 g/mol. The summed E-state index contributed by atoms with van der Waals surface area (Å²) in [5.74, 6) is -1.08. The molecule has 176 valence electrons. The summed E-state index contributed by atoms with van der Waals surface area (Å²) >= 11 is 0. The van der Waals surface area contributed by atoms with Crippen molar-refractivity contribution in [1.29, 1.82) is 0 Å². The van der Waals surface area contributed by atoms with Crippen LogP contribution in [0.25, 0.3) is 0 Å². The SMILES string of the molecule is CCNC(=O)[C@@H](C)N(CCc1ccccc1)C(=O)CCCN1C(=O)c2ccccc2S1(=O)=O. The van der Waals surface area contributed by atoms with Crippen molar-refractivity contribution in [3.05, 3.63) is 65.7 Å². The molecule has 2 aromatic rings. The van der Waals surface area contributed by atoms with Crippen LogP contribution in [0.2, 0.25) is 0 Å². The molecule has 9 heteroatoms. The second-order valence-corrected chi connectivity index (χ2v) is 9.71. The highest BCUT2D eigenvalue weighted by atomic mass is 32.2. The molecular weight excluding hydrogens is 442 g/mol. The first-order chi connectivity index (χ1) is 15.8. The third-order valence-corrected chi connectivity index (χ3v) is 7.51. The molecule has 33 heavy (non-hydrogen) atoms. The summed E-state index contributed by atoms with van der Waals surface area (Å²) in [7, 11) is -3.90. The van der Waals surface area contributed by atoms with E-state index in [1.54, 1.807) is 19.1 Å². The maximum absolute atomic E-state index is 13.0. The van der Waals surface area contributed by atoms with Crippen LogP contribution in [0, 0.1) is 0 Å². The van der Waals surface area contributed by atoms with Crippen LogP contribution in [-0.2, 0) is 26.0 Å². The molecule has 0 aliphatic carbocycles. The average Bonchev–Trinajstić information content (AvgIpc) is 3.00. The molecule has 1 aliphatic heterocycles. The van der Waals surface area contributed by atoms with Gasteiger partial charge in [-0.3, -0.25) is 14.4 Å². The molecule has 3 rings (SSSR count). The zero-order chi connectivity index (χ0) is 24.0. The predicted octanol–water partition coefficient (Wildman–Crippen LogP) is 2.21. The predicted molar refractivity (Wildman–Crippen MR) is 124 cm³/mol. The molecule has 2 aromatic carbocycles.